The molecule has 0 aliphatic rings. The fourth-order valence-electron chi connectivity index (χ4n) is 3.08. The molecule has 6 nitrogen and oxygen atoms in total. The second kappa shape index (κ2) is 9.27. The predicted molar refractivity (Wildman–Crippen MR) is 102 cm³/mol. The molecule has 2 rings (SSSR count). The number of unbranched alkanes of at least 4 members (excludes halogenated alkanes) is 4. The average molecular weight is 358 g/mol. The largest absolute Gasteiger partial charge is 0.492 e. The molecule has 1 aromatic heterocycles. The maximum absolute atomic E-state index is 12.1. The Kier molecular flexibility index (Phi) is 7.06. The Morgan fingerprint density at radius 2 is 1.96 bits per heavy atom. The lowest BCUT2D eigenvalue weighted by molar-refractivity contribution is -0.383. The number of ketones is 1. The molecule has 2 aromatic rings. The van der Waals surface area contributed by atoms with Gasteiger partial charge in [-0.2, -0.15) is 0 Å². The third-order valence-corrected chi connectivity index (χ3v) is 4.48. The van der Waals surface area contributed by atoms with E-state index in [9.17, 15) is 14.9 Å². The molecule has 0 aliphatic carbocycles. The van der Waals surface area contributed by atoms with Gasteiger partial charge < -0.3 is 4.74 Å². The molecule has 0 N–H and O–H groups in total. The van der Waals surface area contributed by atoms with Crippen LogP contribution in [0, 0.1) is 10.1 Å². The quantitative estimate of drug-likeness (QED) is 0.250. The van der Waals surface area contributed by atoms with Gasteiger partial charge in [-0.25, -0.2) is 4.98 Å². The van der Waals surface area contributed by atoms with E-state index in [0.717, 1.165) is 24.8 Å². The number of carbonyl (C=O) groups is 1. The normalized spacial score (nSPS) is 10.9. The Balaban J connectivity index is 2.48. The van der Waals surface area contributed by atoms with Crippen LogP contribution in [-0.2, 0) is 6.42 Å². The first kappa shape index (κ1) is 19.8. The summed E-state index contributed by atoms with van der Waals surface area (Å²) in [7, 11) is 0. The highest BCUT2D eigenvalue weighted by molar-refractivity contribution is 6.07. The first-order chi connectivity index (χ1) is 12.5. The number of aryl methyl sites for hydroxylation is 1. The monoisotopic (exact) mass is 358 g/mol. The van der Waals surface area contributed by atoms with Crippen LogP contribution < -0.4 is 4.74 Å². The third kappa shape index (κ3) is 4.36. The van der Waals surface area contributed by atoms with Crippen LogP contribution in [0.25, 0.3) is 10.9 Å². The van der Waals surface area contributed by atoms with Gasteiger partial charge in [0.25, 0.3) is 5.69 Å². The van der Waals surface area contributed by atoms with Crippen molar-refractivity contribution in [2.24, 2.45) is 0 Å². The maximum Gasteiger partial charge on any atom is 0.296 e. The summed E-state index contributed by atoms with van der Waals surface area (Å²) in [5.74, 6) is 0.181. The molecule has 1 heterocycles. The zero-order chi connectivity index (χ0) is 19.1. The van der Waals surface area contributed by atoms with Crippen molar-refractivity contribution >= 4 is 22.4 Å². The number of rotatable bonds is 10. The Labute approximate surface area is 153 Å². The molecule has 0 saturated carbocycles. The molecule has 0 bridgehead atoms. The number of non-ortho nitro benzene ring substituents is 1. The summed E-state index contributed by atoms with van der Waals surface area (Å²) in [4.78, 5) is 27.3. The van der Waals surface area contributed by atoms with Crippen molar-refractivity contribution in [3.05, 3.63) is 39.6 Å². The van der Waals surface area contributed by atoms with Crippen LogP contribution in [0.2, 0.25) is 0 Å². The number of pyridine rings is 1. The number of Topliss-reactive ketones (excluding diaryl/α,β-unsaturated/α-hetero) is 1. The van der Waals surface area contributed by atoms with Crippen molar-refractivity contribution in [2.75, 3.05) is 6.61 Å². The Morgan fingerprint density at radius 3 is 2.58 bits per heavy atom. The van der Waals surface area contributed by atoms with Crippen LogP contribution in [0.15, 0.2) is 18.3 Å². The van der Waals surface area contributed by atoms with Crippen LogP contribution in [-0.4, -0.2) is 22.3 Å². The smallest absolute Gasteiger partial charge is 0.296 e. The third-order valence-electron chi connectivity index (χ3n) is 4.48. The van der Waals surface area contributed by atoms with E-state index in [1.165, 1.54) is 25.8 Å². The zero-order valence-electron chi connectivity index (χ0n) is 15.7. The van der Waals surface area contributed by atoms with Crippen molar-refractivity contribution in [2.45, 2.75) is 59.3 Å². The molecule has 0 fully saturated rings. The molecule has 6 heteroatoms. The van der Waals surface area contributed by atoms with Crippen LogP contribution in [0.1, 0.15) is 68.8 Å². The number of carbonyl (C=O) groups excluding carboxylic acids is 1. The summed E-state index contributed by atoms with van der Waals surface area (Å²) in [6.07, 6.45) is 7.71. The average Bonchev–Trinajstić information content (AvgIpc) is 2.63. The fraction of sp³-hybridized carbons (Fsp3) is 0.500. The summed E-state index contributed by atoms with van der Waals surface area (Å²) < 4.78 is 5.99. The first-order valence-corrected chi connectivity index (χ1v) is 9.23. The van der Waals surface area contributed by atoms with E-state index in [4.69, 9.17) is 4.74 Å². The van der Waals surface area contributed by atoms with Gasteiger partial charge in [0.2, 0.25) is 0 Å². The number of nitrogens with zero attached hydrogens (tertiary/aromatic N) is 2. The van der Waals surface area contributed by atoms with Crippen LogP contribution in [0.4, 0.5) is 5.69 Å². The minimum absolute atomic E-state index is 0.157. The molecular weight excluding hydrogens is 332 g/mol. The minimum Gasteiger partial charge on any atom is -0.492 e. The SMILES string of the molecule is CCCCCCCOc1c(C(C)=O)cc([N+](=O)[O-])c2nccc(CC)c12. The highest BCUT2D eigenvalue weighted by Crippen LogP contribution is 2.38. The molecule has 140 valence electrons. The molecule has 0 aliphatic heterocycles. The molecule has 0 spiro atoms. The van der Waals surface area contributed by atoms with Gasteiger partial charge in [-0.3, -0.25) is 14.9 Å². The number of hydrogen-bond acceptors (Lipinski definition) is 5. The van der Waals surface area contributed by atoms with Gasteiger partial charge in [0.1, 0.15) is 5.75 Å². The van der Waals surface area contributed by atoms with E-state index in [1.807, 2.05) is 13.0 Å². The van der Waals surface area contributed by atoms with Gasteiger partial charge in [0.05, 0.1) is 22.5 Å². The van der Waals surface area contributed by atoms with Crippen molar-refractivity contribution in [1.82, 2.24) is 4.98 Å². The molecule has 1 aromatic carbocycles. The fourth-order valence-corrected chi connectivity index (χ4v) is 3.08. The number of nitro groups is 1. The van der Waals surface area contributed by atoms with E-state index < -0.39 is 4.92 Å². The zero-order valence-corrected chi connectivity index (χ0v) is 15.7. The Hall–Kier alpha value is -2.50. The van der Waals surface area contributed by atoms with Crippen LogP contribution >= 0.6 is 0 Å². The topological polar surface area (TPSA) is 82.3 Å². The van der Waals surface area contributed by atoms with Gasteiger partial charge in [-0.15, -0.1) is 0 Å². The van der Waals surface area contributed by atoms with Gasteiger partial charge in [-0.1, -0.05) is 39.5 Å². The molecule has 0 atom stereocenters. The van der Waals surface area contributed by atoms with Crippen molar-refractivity contribution in [1.29, 1.82) is 0 Å². The van der Waals surface area contributed by atoms with Crippen molar-refractivity contribution in [3.8, 4) is 5.75 Å². The number of ether oxygens (including phenoxy) is 1. The van der Waals surface area contributed by atoms with E-state index in [-0.39, 0.29) is 22.6 Å². The van der Waals surface area contributed by atoms with E-state index in [0.29, 0.717) is 24.2 Å². The number of hydrogen-bond donors (Lipinski definition) is 0. The summed E-state index contributed by atoms with van der Waals surface area (Å²) in [5, 5.41) is 12.1. The summed E-state index contributed by atoms with van der Waals surface area (Å²) in [6, 6.07) is 3.12. The van der Waals surface area contributed by atoms with Gasteiger partial charge >= 0.3 is 0 Å². The first-order valence-electron chi connectivity index (χ1n) is 9.23. The van der Waals surface area contributed by atoms with Crippen LogP contribution in [0.3, 0.4) is 0 Å². The minimum atomic E-state index is -0.490. The Morgan fingerprint density at radius 1 is 1.23 bits per heavy atom. The van der Waals surface area contributed by atoms with Crippen molar-refractivity contribution < 1.29 is 14.5 Å². The van der Waals surface area contributed by atoms with E-state index >= 15 is 0 Å². The van der Waals surface area contributed by atoms with Crippen LogP contribution in [0.5, 0.6) is 5.75 Å². The standard InChI is InChI=1S/C20H26N2O4/c1-4-6-7-8-9-12-26-20-16(14(3)23)13-17(22(24)25)19-18(20)15(5-2)10-11-21-19/h10-11,13H,4-9,12H2,1-3H3. The number of aromatic nitrogens is 1. The van der Waals surface area contributed by atoms with Gasteiger partial charge in [-0.05, 0) is 31.4 Å². The lowest BCUT2D eigenvalue weighted by Crippen LogP contribution is -2.07. The highest BCUT2D eigenvalue weighted by atomic mass is 16.6. The molecular formula is C20H26N2O4. The summed E-state index contributed by atoms with van der Waals surface area (Å²) in [6.45, 7) is 6.02. The Bertz CT molecular complexity index is 802. The van der Waals surface area contributed by atoms with Gasteiger partial charge in [0.15, 0.2) is 11.3 Å². The van der Waals surface area contributed by atoms with E-state index in [2.05, 4.69) is 11.9 Å². The molecule has 0 saturated heterocycles. The molecule has 0 radical (unpaired) electrons. The lowest BCUT2D eigenvalue weighted by atomic mass is 9.99. The second-order valence-corrected chi connectivity index (χ2v) is 6.40. The predicted octanol–water partition coefficient (Wildman–Crippen LogP) is 5.26. The number of nitro benzene ring substituents is 1. The number of benzene rings is 1. The molecule has 0 amide bonds. The molecule has 0 unspecified atom stereocenters. The summed E-state index contributed by atoms with van der Waals surface area (Å²) >= 11 is 0. The maximum atomic E-state index is 12.1. The van der Waals surface area contributed by atoms with E-state index in [1.54, 1.807) is 6.20 Å². The second-order valence-electron chi connectivity index (χ2n) is 6.40. The lowest BCUT2D eigenvalue weighted by Gasteiger charge is -2.15. The van der Waals surface area contributed by atoms with Gasteiger partial charge in [0, 0.05) is 12.3 Å². The van der Waals surface area contributed by atoms with Crippen molar-refractivity contribution in [3.63, 3.8) is 0 Å². The summed E-state index contributed by atoms with van der Waals surface area (Å²) in [5.41, 5.74) is 1.26. The highest BCUT2D eigenvalue weighted by Gasteiger charge is 2.24. The number of fused-ring (bicyclic) bond motifs is 1. The molecule has 26 heavy (non-hydrogen) atoms.